The summed E-state index contributed by atoms with van der Waals surface area (Å²) in [6.45, 7) is 11.7. The summed E-state index contributed by atoms with van der Waals surface area (Å²) >= 11 is 0. The fourth-order valence-corrected chi connectivity index (χ4v) is 3.21. The maximum Gasteiger partial charge on any atom is 0.332 e. The molecule has 0 aliphatic carbocycles. The Morgan fingerprint density at radius 3 is 2.36 bits per heavy atom. The summed E-state index contributed by atoms with van der Waals surface area (Å²) in [4.78, 5) is 32.9. The van der Waals surface area contributed by atoms with Gasteiger partial charge < -0.3 is 10.0 Å². The topological polar surface area (TPSA) is 94.7 Å². The second-order valence-corrected chi connectivity index (χ2v) is 6.85. The fourth-order valence-electron chi connectivity index (χ4n) is 3.21. The third-order valence-electron chi connectivity index (χ3n) is 4.97. The summed E-state index contributed by atoms with van der Waals surface area (Å²) in [6.07, 6.45) is 1.33. The van der Waals surface area contributed by atoms with Crippen molar-refractivity contribution in [3.05, 3.63) is 56.2 Å². The van der Waals surface area contributed by atoms with Gasteiger partial charge in [-0.25, -0.2) is 4.79 Å². The third kappa shape index (κ3) is 4.98. The van der Waals surface area contributed by atoms with E-state index in [9.17, 15) is 14.7 Å². The molecule has 2 aromatic rings. The van der Waals surface area contributed by atoms with Crippen molar-refractivity contribution in [2.45, 2.75) is 40.5 Å². The van der Waals surface area contributed by atoms with E-state index in [2.05, 4.69) is 23.8 Å². The van der Waals surface area contributed by atoms with Crippen LogP contribution in [0.5, 0.6) is 5.88 Å². The summed E-state index contributed by atoms with van der Waals surface area (Å²) in [5, 5.41) is 13.0. The largest absolute Gasteiger partial charge is 0.859 e. The highest BCUT2D eigenvalue weighted by atomic mass is 16.3. The number of quaternary nitrogens is 1. The molecule has 0 atom stereocenters. The van der Waals surface area contributed by atoms with Crippen LogP contribution in [-0.2, 0) is 0 Å². The Morgan fingerprint density at radius 2 is 1.79 bits per heavy atom. The van der Waals surface area contributed by atoms with E-state index in [1.165, 1.54) is 4.90 Å². The van der Waals surface area contributed by atoms with Gasteiger partial charge in [-0.05, 0) is 45.2 Å². The quantitative estimate of drug-likeness (QED) is 0.483. The van der Waals surface area contributed by atoms with E-state index in [4.69, 9.17) is 0 Å². The molecule has 7 heteroatoms. The van der Waals surface area contributed by atoms with Gasteiger partial charge in [-0.2, -0.15) is 0 Å². The van der Waals surface area contributed by atoms with Crippen molar-refractivity contribution < 1.29 is 10.0 Å². The average Bonchev–Trinajstić information content (AvgIpc) is 2.67. The van der Waals surface area contributed by atoms with Crippen LogP contribution in [-0.4, -0.2) is 41.4 Å². The Balaban J connectivity index is 2.39. The van der Waals surface area contributed by atoms with Crippen LogP contribution in [0.25, 0.3) is 5.69 Å². The van der Waals surface area contributed by atoms with Crippen molar-refractivity contribution in [2.24, 2.45) is 4.99 Å². The monoisotopic (exact) mass is 386 g/mol. The first kappa shape index (κ1) is 21.6. The summed E-state index contributed by atoms with van der Waals surface area (Å²) in [5.41, 5.74) is 0.440. The van der Waals surface area contributed by atoms with Gasteiger partial charge in [-0.3, -0.25) is 19.3 Å². The number of aromatic amines is 1. The van der Waals surface area contributed by atoms with Crippen LogP contribution < -0.4 is 21.3 Å². The van der Waals surface area contributed by atoms with Gasteiger partial charge >= 0.3 is 5.69 Å². The van der Waals surface area contributed by atoms with Gasteiger partial charge in [-0.1, -0.05) is 24.6 Å². The normalized spacial score (nSPS) is 12.0. The number of aryl methyl sites for hydroxylation is 1. The smallest absolute Gasteiger partial charge is 0.332 e. The minimum atomic E-state index is -0.733. The Morgan fingerprint density at radius 1 is 1.14 bits per heavy atom. The molecule has 0 amide bonds. The molecular weight excluding hydrogens is 356 g/mol. The molecule has 28 heavy (non-hydrogen) atoms. The van der Waals surface area contributed by atoms with Crippen molar-refractivity contribution >= 4 is 5.71 Å². The first-order valence-corrected chi connectivity index (χ1v) is 9.93. The van der Waals surface area contributed by atoms with Gasteiger partial charge in [0.15, 0.2) is 0 Å². The summed E-state index contributed by atoms with van der Waals surface area (Å²) in [6, 6.07) is 7.01. The molecule has 0 fully saturated rings. The lowest BCUT2D eigenvalue weighted by Crippen LogP contribution is -3.11. The van der Waals surface area contributed by atoms with Crippen LogP contribution in [0.3, 0.4) is 0 Å². The van der Waals surface area contributed by atoms with Crippen LogP contribution in [0.1, 0.15) is 44.7 Å². The highest BCUT2D eigenvalue weighted by Gasteiger charge is 2.14. The molecule has 0 spiro atoms. The van der Waals surface area contributed by atoms with Gasteiger partial charge in [0.1, 0.15) is 0 Å². The molecule has 7 nitrogen and oxygen atoms in total. The SMILES string of the molecule is CCC(=NCCC[NH+](CC)CC)c1c([O-])n(-c2ccc(C)cc2)c(=O)[nH]c1=O. The molecule has 0 aliphatic heterocycles. The molecule has 1 aromatic heterocycles. The van der Waals surface area contributed by atoms with E-state index in [0.717, 1.165) is 36.2 Å². The summed E-state index contributed by atoms with van der Waals surface area (Å²) in [7, 11) is 0. The number of hydrogen-bond donors (Lipinski definition) is 2. The Labute approximate surface area is 165 Å². The summed E-state index contributed by atoms with van der Waals surface area (Å²) in [5.74, 6) is -0.618. The zero-order valence-corrected chi connectivity index (χ0v) is 17.2. The second-order valence-electron chi connectivity index (χ2n) is 6.85. The minimum Gasteiger partial charge on any atom is -0.859 e. The average molecular weight is 386 g/mol. The molecule has 0 saturated carbocycles. The zero-order valence-electron chi connectivity index (χ0n) is 17.2. The van der Waals surface area contributed by atoms with Crippen molar-refractivity contribution in [1.82, 2.24) is 9.55 Å². The molecule has 0 radical (unpaired) electrons. The number of aliphatic imine (C=N–C) groups is 1. The molecule has 152 valence electrons. The van der Waals surface area contributed by atoms with Crippen molar-refractivity contribution in [3.63, 3.8) is 0 Å². The van der Waals surface area contributed by atoms with Gasteiger partial charge in [0.05, 0.1) is 25.2 Å². The molecule has 1 heterocycles. The highest BCUT2D eigenvalue weighted by Crippen LogP contribution is 2.16. The van der Waals surface area contributed by atoms with Crippen LogP contribution in [0.4, 0.5) is 0 Å². The predicted molar refractivity (Wildman–Crippen MR) is 110 cm³/mol. The Kier molecular flexibility index (Phi) is 7.75. The molecule has 1 aromatic carbocycles. The number of rotatable bonds is 9. The molecule has 0 aliphatic rings. The van der Waals surface area contributed by atoms with Gasteiger partial charge in [0.25, 0.3) is 5.56 Å². The maximum atomic E-state index is 13.0. The minimum absolute atomic E-state index is 0.0436. The molecule has 2 N–H and O–H groups in total. The van der Waals surface area contributed by atoms with Crippen LogP contribution in [0.15, 0.2) is 38.8 Å². The van der Waals surface area contributed by atoms with Crippen molar-refractivity contribution in [2.75, 3.05) is 26.2 Å². The first-order valence-electron chi connectivity index (χ1n) is 9.93. The number of H-pyrrole nitrogens is 1. The van der Waals surface area contributed by atoms with Gasteiger partial charge in [-0.15, -0.1) is 0 Å². The van der Waals surface area contributed by atoms with Gasteiger partial charge in [0.2, 0.25) is 0 Å². The number of aromatic nitrogens is 2. The van der Waals surface area contributed by atoms with E-state index in [0.29, 0.717) is 24.4 Å². The number of nitrogens with zero attached hydrogens (tertiary/aromatic N) is 2. The van der Waals surface area contributed by atoms with E-state index in [1.807, 2.05) is 26.0 Å². The number of hydrogen-bond acceptors (Lipinski definition) is 4. The second kappa shape index (κ2) is 10.0. The predicted octanol–water partition coefficient (Wildman–Crippen LogP) is 0.422. The van der Waals surface area contributed by atoms with Crippen molar-refractivity contribution in [3.8, 4) is 11.6 Å². The molecular formula is C21H30N4O3. The van der Waals surface area contributed by atoms with E-state index < -0.39 is 17.1 Å². The van der Waals surface area contributed by atoms with Gasteiger partial charge in [0, 0.05) is 24.4 Å². The fraction of sp³-hybridized carbons (Fsp3) is 0.476. The molecule has 2 rings (SSSR count). The molecule has 0 bridgehead atoms. The van der Waals surface area contributed by atoms with E-state index in [-0.39, 0.29) is 5.56 Å². The molecule has 0 saturated heterocycles. The van der Waals surface area contributed by atoms with Crippen molar-refractivity contribution in [1.29, 1.82) is 0 Å². The Hall–Kier alpha value is -2.67. The standard InChI is InChI=1S/C21H30N4O3/c1-5-17(22-13-8-14-24(6-2)7-3)18-19(26)23-21(28)25(20(18)27)16-11-9-15(4)10-12-16/h9-12,27H,5-8,13-14H2,1-4H3,(H,23,26,28). The number of benzene rings is 1. The maximum absolute atomic E-state index is 13.0. The van der Waals surface area contributed by atoms with Crippen LogP contribution >= 0.6 is 0 Å². The number of nitrogens with one attached hydrogen (secondary N) is 2. The Bertz CT molecular complexity index is 922. The lowest BCUT2D eigenvalue weighted by atomic mass is 10.1. The summed E-state index contributed by atoms with van der Waals surface area (Å²) < 4.78 is 1.00. The van der Waals surface area contributed by atoms with Crippen LogP contribution in [0, 0.1) is 6.92 Å². The van der Waals surface area contributed by atoms with E-state index >= 15 is 0 Å². The molecule has 0 unspecified atom stereocenters. The lowest BCUT2D eigenvalue weighted by Gasteiger charge is -2.20. The third-order valence-corrected chi connectivity index (χ3v) is 4.97. The lowest BCUT2D eigenvalue weighted by molar-refractivity contribution is -0.896. The van der Waals surface area contributed by atoms with Crippen LogP contribution in [0.2, 0.25) is 0 Å². The first-order chi connectivity index (χ1) is 13.4. The zero-order chi connectivity index (χ0) is 20.7. The van der Waals surface area contributed by atoms with E-state index in [1.54, 1.807) is 12.1 Å². The highest BCUT2D eigenvalue weighted by molar-refractivity contribution is 6.01.